The number of carbonyl (C=O) groups excluding carboxylic acids is 5. The fourth-order valence-corrected chi connectivity index (χ4v) is 3.30. The van der Waals surface area contributed by atoms with Crippen LogP contribution in [0.15, 0.2) is 42.5 Å². The van der Waals surface area contributed by atoms with Crippen molar-refractivity contribution in [1.82, 2.24) is 4.90 Å². The van der Waals surface area contributed by atoms with Crippen LogP contribution in [0.1, 0.15) is 61.7 Å². The second kappa shape index (κ2) is 10.2. The maximum atomic E-state index is 12.6. The number of anilines is 1. The Hall–Kier alpha value is -3.85. The normalized spacial score (nSPS) is 13.5. The smallest absolute Gasteiger partial charge is 0.338 e. The minimum absolute atomic E-state index is 0.0547. The van der Waals surface area contributed by atoms with Gasteiger partial charge in [0.1, 0.15) is 0 Å². The van der Waals surface area contributed by atoms with Gasteiger partial charge in [-0.05, 0) is 62.7 Å². The van der Waals surface area contributed by atoms with Crippen LogP contribution < -0.4 is 5.32 Å². The topological polar surface area (TPSA) is 119 Å². The predicted molar refractivity (Wildman–Crippen MR) is 118 cm³/mol. The van der Waals surface area contributed by atoms with Crippen molar-refractivity contribution in [2.75, 3.05) is 25.6 Å². The summed E-state index contributed by atoms with van der Waals surface area (Å²) in [5.41, 5.74) is 1.35. The second-order valence-electron chi connectivity index (χ2n) is 7.54. The maximum absolute atomic E-state index is 12.6. The summed E-state index contributed by atoms with van der Waals surface area (Å²) in [7, 11) is 1.53. The molecule has 9 heteroatoms. The molecule has 3 amide bonds. The van der Waals surface area contributed by atoms with Crippen LogP contribution in [0.2, 0.25) is 0 Å². The first-order valence-electron chi connectivity index (χ1n) is 10.3. The number of carbonyl (C=O) groups is 5. The fourth-order valence-electron chi connectivity index (χ4n) is 3.30. The number of esters is 1. The first-order valence-corrected chi connectivity index (χ1v) is 10.3. The van der Waals surface area contributed by atoms with E-state index in [1.807, 2.05) is 0 Å². The van der Waals surface area contributed by atoms with E-state index in [0.717, 1.165) is 4.90 Å². The molecule has 0 saturated heterocycles. The Balaban J connectivity index is 1.64. The molecule has 1 N–H and O–H groups in total. The maximum Gasteiger partial charge on any atom is 0.338 e. The standard InChI is InChI=1S/C24H24N2O7/c1-14(27)16-5-8-18(9-6-16)25-21(28)15(2)33-24(31)17-7-10-19-20(13-17)23(30)26(22(19)29)11-4-12-32-3/h5-10,13,15H,4,11-12H2,1-3H3,(H,25,28). The molecule has 0 aliphatic carbocycles. The molecule has 2 aromatic rings. The Bertz CT molecular complexity index is 1110. The molecule has 0 aromatic heterocycles. The minimum atomic E-state index is -1.12. The molecule has 33 heavy (non-hydrogen) atoms. The number of hydrogen-bond donors (Lipinski definition) is 1. The van der Waals surface area contributed by atoms with Crippen molar-refractivity contribution >= 4 is 35.2 Å². The molecule has 3 rings (SSSR count). The molecule has 0 radical (unpaired) electrons. The number of benzene rings is 2. The van der Waals surface area contributed by atoms with E-state index in [0.29, 0.717) is 24.3 Å². The van der Waals surface area contributed by atoms with Crippen molar-refractivity contribution in [2.45, 2.75) is 26.4 Å². The number of fused-ring (bicyclic) bond motifs is 1. The van der Waals surface area contributed by atoms with E-state index in [9.17, 15) is 24.0 Å². The molecule has 0 bridgehead atoms. The van der Waals surface area contributed by atoms with Crippen LogP contribution in [0, 0.1) is 0 Å². The van der Waals surface area contributed by atoms with Gasteiger partial charge in [0.15, 0.2) is 11.9 Å². The summed E-state index contributed by atoms with van der Waals surface area (Å²) in [6.45, 7) is 3.48. The van der Waals surface area contributed by atoms with E-state index >= 15 is 0 Å². The van der Waals surface area contributed by atoms with Gasteiger partial charge in [-0.2, -0.15) is 0 Å². The second-order valence-corrected chi connectivity index (χ2v) is 7.54. The van der Waals surface area contributed by atoms with Gasteiger partial charge in [0, 0.05) is 31.5 Å². The zero-order valence-electron chi connectivity index (χ0n) is 18.5. The predicted octanol–water partition coefficient (Wildman–Crippen LogP) is 2.71. The number of rotatable bonds is 9. The highest BCUT2D eigenvalue weighted by atomic mass is 16.5. The number of methoxy groups -OCH3 is 1. The molecule has 1 aliphatic rings. The quantitative estimate of drug-likeness (QED) is 0.269. The molecule has 172 valence electrons. The van der Waals surface area contributed by atoms with Crippen molar-refractivity contribution in [3.8, 4) is 0 Å². The SMILES string of the molecule is COCCCN1C(=O)c2ccc(C(=O)OC(C)C(=O)Nc3ccc(C(C)=O)cc3)cc2C1=O. The summed E-state index contributed by atoms with van der Waals surface area (Å²) in [4.78, 5) is 62.4. The van der Waals surface area contributed by atoms with E-state index in [-0.39, 0.29) is 29.0 Å². The third-order valence-corrected chi connectivity index (χ3v) is 5.15. The van der Waals surface area contributed by atoms with Crippen LogP contribution >= 0.6 is 0 Å². The van der Waals surface area contributed by atoms with Gasteiger partial charge >= 0.3 is 5.97 Å². The average Bonchev–Trinajstić information content (AvgIpc) is 3.03. The number of hydrogen-bond acceptors (Lipinski definition) is 7. The first kappa shape index (κ1) is 23.8. The number of nitrogens with zero attached hydrogens (tertiary/aromatic N) is 1. The minimum Gasteiger partial charge on any atom is -0.449 e. The lowest BCUT2D eigenvalue weighted by atomic mass is 10.1. The number of Topliss-reactive ketones (excluding diaryl/α,β-unsaturated/α-hetero) is 1. The van der Waals surface area contributed by atoms with Crippen LogP contribution in [0.25, 0.3) is 0 Å². The zero-order valence-corrected chi connectivity index (χ0v) is 18.5. The lowest BCUT2D eigenvalue weighted by molar-refractivity contribution is -0.123. The Morgan fingerprint density at radius 2 is 1.61 bits per heavy atom. The lowest BCUT2D eigenvalue weighted by Crippen LogP contribution is -2.31. The number of imide groups is 1. The average molecular weight is 452 g/mol. The van der Waals surface area contributed by atoms with Crippen LogP contribution in [-0.4, -0.2) is 60.7 Å². The molecule has 0 spiro atoms. The molecule has 0 saturated carbocycles. The van der Waals surface area contributed by atoms with Crippen molar-refractivity contribution in [3.05, 3.63) is 64.7 Å². The van der Waals surface area contributed by atoms with Crippen LogP contribution in [0.5, 0.6) is 0 Å². The van der Waals surface area contributed by atoms with Gasteiger partial charge in [-0.15, -0.1) is 0 Å². The molecule has 1 heterocycles. The summed E-state index contributed by atoms with van der Waals surface area (Å²) in [5.74, 6) is -2.36. The van der Waals surface area contributed by atoms with E-state index in [4.69, 9.17) is 9.47 Å². The Morgan fingerprint density at radius 3 is 2.24 bits per heavy atom. The van der Waals surface area contributed by atoms with E-state index in [1.165, 1.54) is 39.2 Å². The third-order valence-electron chi connectivity index (χ3n) is 5.15. The zero-order chi connectivity index (χ0) is 24.1. The van der Waals surface area contributed by atoms with Crippen LogP contribution in [-0.2, 0) is 14.3 Å². The highest BCUT2D eigenvalue weighted by Gasteiger charge is 2.35. The number of ether oxygens (including phenoxy) is 2. The molecular formula is C24H24N2O7. The molecule has 2 aromatic carbocycles. The molecule has 0 fully saturated rings. The van der Waals surface area contributed by atoms with E-state index in [1.54, 1.807) is 24.3 Å². The summed E-state index contributed by atoms with van der Waals surface area (Å²) < 4.78 is 10.2. The van der Waals surface area contributed by atoms with E-state index in [2.05, 4.69) is 5.32 Å². The van der Waals surface area contributed by atoms with Crippen LogP contribution in [0.3, 0.4) is 0 Å². The third kappa shape index (κ3) is 5.32. The Kier molecular flexibility index (Phi) is 7.34. The molecule has 9 nitrogen and oxygen atoms in total. The van der Waals surface area contributed by atoms with Gasteiger partial charge in [-0.25, -0.2) is 4.79 Å². The largest absolute Gasteiger partial charge is 0.449 e. The van der Waals surface area contributed by atoms with Crippen LogP contribution in [0.4, 0.5) is 5.69 Å². The van der Waals surface area contributed by atoms with Gasteiger partial charge < -0.3 is 14.8 Å². The molecule has 1 atom stereocenters. The van der Waals surface area contributed by atoms with E-state index < -0.39 is 29.8 Å². The summed E-state index contributed by atoms with van der Waals surface area (Å²) >= 11 is 0. The number of amides is 3. The van der Waals surface area contributed by atoms with Gasteiger partial charge in [-0.3, -0.25) is 24.1 Å². The highest BCUT2D eigenvalue weighted by Crippen LogP contribution is 2.25. The molecule has 1 unspecified atom stereocenters. The number of ketones is 1. The van der Waals surface area contributed by atoms with Gasteiger partial charge in [-0.1, -0.05) is 0 Å². The summed E-state index contributed by atoms with van der Waals surface area (Å²) in [6, 6.07) is 10.4. The Morgan fingerprint density at radius 1 is 0.970 bits per heavy atom. The monoisotopic (exact) mass is 452 g/mol. The van der Waals surface area contributed by atoms with Crippen molar-refractivity contribution in [3.63, 3.8) is 0 Å². The Labute approximate surface area is 190 Å². The molecular weight excluding hydrogens is 428 g/mol. The fraction of sp³-hybridized carbons (Fsp3) is 0.292. The summed E-state index contributed by atoms with van der Waals surface area (Å²) in [6.07, 6.45) is -0.623. The lowest BCUT2D eigenvalue weighted by Gasteiger charge is -2.14. The van der Waals surface area contributed by atoms with Gasteiger partial charge in [0.25, 0.3) is 17.7 Å². The van der Waals surface area contributed by atoms with Crippen molar-refractivity contribution in [2.24, 2.45) is 0 Å². The molecule has 1 aliphatic heterocycles. The van der Waals surface area contributed by atoms with Gasteiger partial charge in [0.2, 0.25) is 0 Å². The highest BCUT2D eigenvalue weighted by molar-refractivity contribution is 6.22. The number of nitrogens with one attached hydrogen (secondary N) is 1. The van der Waals surface area contributed by atoms with Crippen molar-refractivity contribution in [1.29, 1.82) is 0 Å². The first-order chi connectivity index (χ1) is 15.7. The summed E-state index contributed by atoms with van der Waals surface area (Å²) in [5, 5.41) is 2.61. The van der Waals surface area contributed by atoms with Gasteiger partial charge in [0.05, 0.1) is 16.7 Å². The van der Waals surface area contributed by atoms with Crippen molar-refractivity contribution < 1.29 is 33.4 Å².